The van der Waals surface area contributed by atoms with Crippen LogP contribution in [0.15, 0.2) is 18.2 Å². The first kappa shape index (κ1) is 14.3. The predicted molar refractivity (Wildman–Crippen MR) is 76.4 cm³/mol. The molecule has 1 aliphatic carbocycles. The van der Waals surface area contributed by atoms with Gasteiger partial charge in [0.15, 0.2) is 0 Å². The first-order chi connectivity index (χ1) is 9.06. The van der Waals surface area contributed by atoms with E-state index in [9.17, 15) is 10.1 Å². The van der Waals surface area contributed by atoms with Crippen molar-refractivity contribution < 1.29 is 4.92 Å². The lowest BCUT2D eigenvalue weighted by atomic mass is 10.0. The fourth-order valence-corrected chi connectivity index (χ4v) is 2.75. The zero-order valence-corrected chi connectivity index (χ0v) is 11.9. The smallest absolute Gasteiger partial charge is 0.273 e. The van der Waals surface area contributed by atoms with E-state index in [2.05, 4.69) is 12.2 Å². The minimum absolute atomic E-state index is 0.136. The molecule has 0 aromatic heterocycles. The molecule has 1 fully saturated rings. The Bertz CT molecular complexity index is 473. The van der Waals surface area contributed by atoms with Gasteiger partial charge in [-0.3, -0.25) is 10.1 Å². The van der Waals surface area contributed by atoms with E-state index in [-0.39, 0.29) is 10.6 Å². The second-order valence-electron chi connectivity index (χ2n) is 5.38. The lowest BCUT2D eigenvalue weighted by Gasteiger charge is -2.15. The molecule has 0 aliphatic heterocycles. The number of halogens is 1. The highest BCUT2D eigenvalue weighted by molar-refractivity contribution is 6.30. The largest absolute Gasteiger partial charge is 0.312 e. The van der Waals surface area contributed by atoms with Crippen LogP contribution < -0.4 is 5.32 Å². The van der Waals surface area contributed by atoms with E-state index in [4.69, 9.17) is 11.6 Å². The van der Waals surface area contributed by atoms with Gasteiger partial charge in [0.2, 0.25) is 0 Å². The van der Waals surface area contributed by atoms with E-state index in [1.54, 1.807) is 12.1 Å². The maximum atomic E-state index is 10.9. The Morgan fingerprint density at radius 1 is 1.47 bits per heavy atom. The van der Waals surface area contributed by atoms with Gasteiger partial charge in [-0.25, -0.2) is 0 Å². The highest BCUT2D eigenvalue weighted by Gasteiger charge is 2.40. The van der Waals surface area contributed by atoms with Gasteiger partial charge >= 0.3 is 0 Å². The van der Waals surface area contributed by atoms with Crippen LogP contribution in [0, 0.1) is 15.5 Å². The number of nitro groups is 1. The van der Waals surface area contributed by atoms with E-state index in [1.807, 2.05) is 0 Å². The lowest BCUT2D eigenvalue weighted by molar-refractivity contribution is -0.385. The molecule has 5 heteroatoms. The second-order valence-corrected chi connectivity index (χ2v) is 5.82. The van der Waals surface area contributed by atoms with Crippen molar-refractivity contribution in [1.82, 2.24) is 5.32 Å². The van der Waals surface area contributed by atoms with Gasteiger partial charge in [0, 0.05) is 29.7 Å². The van der Waals surface area contributed by atoms with Crippen molar-refractivity contribution in [1.29, 1.82) is 0 Å². The molecule has 1 aliphatic rings. The quantitative estimate of drug-likeness (QED) is 0.609. The van der Waals surface area contributed by atoms with E-state index < -0.39 is 0 Å². The highest BCUT2D eigenvalue weighted by Crippen LogP contribution is 2.48. The summed E-state index contributed by atoms with van der Waals surface area (Å²) in [6.07, 6.45) is 4.97. The van der Waals surface area contributed by atoms with Crippen LogP contribution in [0.4, 0.5) is 5.69 Å². The molecule has 19 heavy (non-hydrogen) atoms. The third-order valence-electron chi connectivity index (χ3n) is 3.79. The average molecular weight is 283 g/mol. The van der Waals surface area contributed by atoms with E-state index in [0.29, 0.717) is 22.5 Å². The summed E-state index contributed by atoms with van der Waals surface area (Å²) in [5.74, 6) is 0. The van der Waals surface area contributed by atoms with Crippen molar-refractivity contribution in [3.8, 4) is 0 Å². The van der Waals surface area contributed by atoms with Gasteiger partial charge in [-0.05, 0) is 36.8 Å². The van der Waals surface area contributed by atoms with Gasteiger partial charge in [-0.2, -0.15) is 0 Å². The van der Waals surface area contributed by atoms with Gasteiger partial charge in [0.1, 0.15) is 0 Å². The van der Waals surface area contributed by atoms with E-state index in [1.165, 1.54) is 31.7 Å². The van der Waals surface area contributed by atoms with Gasteiger partial charge in [0.25, 0.3) is 5.69 Å². The number of hydrogen-bond acceptors (Lipinski definition) is 3. The van der Waals surface area contributed by atoms with Crippen LogP contribution in [-0.4, -0.2) is 11.5 Å². The third-order valence-corrected chi connectivity index (χ3v) is 4.03. The molecule has 0 saturated heterocycles. The molecule has 1 saturated carbocycles. The van der Waals surface area contributed by atoms with Crippen LogP contribution in [0.25, 0.3) is 0 Å². The molecule has 1 aromatic rings. The minimum Gasteiger partial charge on any atom is -0.312 e. The fourth-order valence-electron chi connectivity index (χ4n) is 2.56. The normalized spacial score (nSPS) is 16.3. The molecule has 0 unspecified atom stereocenters. The number of rotatable bonds is 7. The molecule has 4 nitrogen and oxygen atoms in total. The van der Waals surface area contributed by atoms with E-state index >= 15 is 0 Å². The first-order valence-electron chi connectivity index (χ1n) is 6.70. The maximum absolute atomic E-state index is 10.9. The second kappa shape index (κ2) is 5.88. The Morgan fingerprint density at radius 3 is 2.79 bits per heavy atom. The van der Waals surface area contributed by atoms with Crippen LogP contribution in [0.2, 0.25) is 5.02 Å². The summed E-state index contributed by atoms with van der Waals surface area (Å²) < 4.78 is 0. The molecule has 0 amide bonds. The topological polar surface area (TPSA) is 55.2 Å². The molecule has 0 bridgehead atoms. The molecule has 1 N–H and O–H groups in total. The summed E-state index contributed by atoms with van der Waals surface area (Å²) in [6, 6.07) is 4.70. The van der Waals surface area contributed by atoms with Crippen molar-refractivity contribution in [3.63, 3.8) is 0 Å². The number of benzene rings is 1. The van der Waals surface area contributed by atoms with Crippen LogP contribution in [-0.2, 0) is 6.54 Å². The van der Waals surface area contributed by atoms with Gasteiger partial charge in [-0.1, -0.05) is 24.9 Å². The van der Waals surface area contributed by atoms with Crippen LogP contribution in [0.1, 0.15) is 38.2 Å². The molecule has 104 valence electrons. The summed E-state index contributed by atoms with van der Waals surface area (Å²) >= 11 is 5.90. The summed E-state index contributed by atoms with van der Waals surface area (Å²) in [5, 5.41) is 14.8. The summed E-state index contributed by atoms with van der Waals surface area (Å²) in [6.45, 7) is 3.63. The molecule has 2 rings (SSSR count). The Kier molecular flexibility index (Phi) is 4.42. The zero-order valence-electron chi connectivity index (χ0n) is 11.1. The lowest BCUT2D eigenvalue weighted by Crippen LogP contribution is -2.23. The number of nitrogens with one attached hydrogen (secondary N) is 1. The van der Waals surface area contributed by atoms with Crippen molar-refractivity contribution in [3.05, 3.63) is 38.9 Å². The Balaban J connectivity index is 1.95. The van der Waals surface area contributed by atoms with Crippen molar-refractivity contribution in [2.45, 2.75) is 39.2 Å². The highest BCUT2D eigenvalue weighted by atomic mass is 35.5. The zero-order chi connectivity index (χ0) is 13.9. The standard InChI is InChI=1S/C14H19ClN2O2/c1-2-5-14(6-7-14)10-16-9-11-8-12(15)3-4-13(11)17(18)19/h3-4,8,16H,2,5-7,9-10H2,1H3. The molecule has 1 aromatic carbocycles. The summed E-state index contributed by atoms with van der Waals surface area (Å²) in [7, 11) is 0. The van der Waals surface area contributed by atoms with Crippen molar-refractivity contribution >= 4 is 17.3 Å². The number of nitro benzene ring substituents is 1. The Hall–Kier alpha value is -1.13. The fraction of sp³-hybridized carbons (Fsp3) is 0.571. The summed E-state index contributed by atoms with van der Waals surface area (Å²) in [4.78, 5) is 10.6. The predicted octanol–water partition coefficient (Wildman–Crippen LogP) is 3.92. The Morgan fingerprint density at radius 2 is 2.21 bits per heavy atom. The average Bonchev–Trinajstić information content (AvgIpc) is 3.09. The van der Waals surface area contributed by atoms with Crippen LogP contribution in [0.5, 0.6) is 0 Å². The Labute approximate surface area is 118 Å². The molecular weight excluding hydrogens is 264 g/mol. The van der Waals surface area contributed by atoms with Gasteiger partial charge < -0.3 is 5.32 Å². The molecule has 0 atom stereocenters. The van der Waals surface area contributed by atoms with Gasteiger partial charge in [-0.15, -0.1) is 0 Å². The number of nitrogens with zero attached hydrogens (tertiary/aromatic N) is 1. The van der Waals surface area contributed by atoms with Crippen LogP contribution >= 0.6 is 11.6 Å². The monoisotopic (exact) mass is 282 g/mol. The van der Waals surface area contributed by atoms with E-state index in [0.717, 1.165) is 6.54 Å². The SMILES string of the molecule is CCCC1(CNCc2cc(Cl)ccc2[N+](=O)[O-])CC1. The van der Waals surface area contributed by atoms with Crippen LogP contribution in [0.3, 0.4) is 0 Å². The van der Waals surface area contributed by atoms with Gasteiger partial charge in [0.05, 0.1) is 4.92 Å². The molecular formula is C14H19ClN2O2. The number of hydrogen-bond donors (Lipinski definition) is 1. The molecule has 0 heterocycles. The van der Waals surface area contributed by atoms with Crippen molar-refractivity contribution in [2.75, 3.05) is 6.54 Å². The molecule has 0 spiro atoms. The van der Waals surface area contributed by atoms with Crippen molar-refractivity contribution in [2.24, 2.45) is 5.41 Å². The summed E-state index contributed by atoms with van der Waals surface area (Å²) in [5.41, 5.74) is 1.24. The third kappa shape index (κ3) is 3.67. The molecule has 0 radical (unpaired) electrons. The minimum atomic E-state index is -0.355. The first-order valence-corrected chi connectivity index (χ1v) is 7.08. The maximum Gasteiger partial charge on any atom is 0.273 e.